The van der Waals surface area contributed by atoms with Crippen molar-refractivity contribution in [2.24, 2.45) is 0 Å². The zero-order valence-corrected chi connectivity index (χ0v) is 12.0. The maximum absolute atomic E-state index is 6.11. The number of anilines is 2. The molecule has 0 spiro atoms. The van der Waals surface area contributed by atoms with Crippen molar-refractivity contribution in [2.75, 3.05) is 36.8 Å². The third-order valence-corrected chi connectivity index (χ3v) is 4.39. The number of aryl methyl sites for hydroxylation is 1. The number of nitrogen functional groups attached to an aromatic ring is 1. The van der Waals surface area contributed by atoms with Crippen LogP contribution in [0.3, 0.4) is 0 Å². The van der Waals surface area contributed by atoms with E-state index in [1.165, 1.54) is 25.8 Å². The Morgan fingerprint density at radius 1 is 1.21 bits per heavy atom. The van der Waals surface area contributed by atoms with E-state index in [0.29, 0.717) is 11.7 Å². The summed E-state index contributed by atoms with van der Waals surface area (Å²) in [7, 11) is 0. The molecule has 6 heteroatoms. The average Bonchev–Trinajstić information content (AvgIpc) is 2.42. The Labute approximate surface area is 118 Å². The van der Waals surface area contributed by atoms with Crippen LogP contribution in [0.15, 0.2) is 0 Å². The molecule has 3 heterocycles. The first-order chi connectivity index (χ1) is 9.15. The summed E-state index contributed by atoms with van der Waals surface area (Å²) < 4.78 is 0. The summed E-state index contributed by atoms with van der Waals surface area (Å²) in [6.07, 6.45) is 3.93. The average molecular weight is 282 g/mol. The summed E-state index contributed by atoms with van der Waals surface area (Å²) in [5, 5.41) is 0.285. The normalized spacial score (nSPS) is 24.3. The lowest BCUT2D eigenvalue weighted by atomic mass is 9.99. The summed E-state index contributed by atoms with van der Waals surface area (Å²) in [6, 6.07) is 0.635. The molecule has 2 aliphatic heterocycles. The van der Waals surface area contributed by atoms with Crippen LogP contribution >= 0.6 is 11.6 Å². The van der Waals surface area contributed by atoms with E-state index in [0.717, 1.165) is 31.1 Å². The number of piperidine rings is 1. The highest BCUT2D eigenvalue weighted by Gasteiger charge is 2.30. The Balaban J connectivity index is 1.83. The molecule has 0 aromatic carbocycles. The molecule has 2 aliphatic rings. The van der Waals surface area contributed by atoms with E-state index >= 15 is 0 Å². The largest absolute Gasteiger partial charge is 0.394 e. The SMILES string of the molecule is Cc1nc(Cl)nc(N2CCN3CCCCC3C2)c1N. The van der Waals surface area contributed by atoms with E-state index in [2.05, 4.69) is 19.8 Å². The van der Waals surface area contributed by atoms with E-state index in [-0.39, 0.29) is 5.28 Å². The minimum Gasteiger partial charge on any atom is -0.394 e. The van der Waals surface area contributed by atoms with E-state index < -0.39 is 0 Å². The van der Waals surface area contributed by atoms with Gasteiger partial charge in [0.05, 0.1) is 11.4 Å². The van der Waals surface area contributed by atoms with Gasteiger partial charge in [0.2, 0.25) is 5.28 Å². The van der Waals surface area contributed by atoms with E-state index in [9.17, 15) is 0 Å². The highest BCUT2D eigenvalue weighted by molar-refractivity contribution is 6.28. The van der Waals surface area contributed by atoms with Crippen LogP contribution in [0, 0.1) is 6.92 Å². The lowest BCUT2D eigenvalue weighted by Gasteiger charge is -2.44. The molecule has 0 radical (unpaired) electrons. The number of nitrogens with zero attached hydrogens (tertiary/aromatic N) is 4. The molecule has 104 valence electrons. The second-order valence-corrected chi connectivity index (χ2v) is 5.78. The lowest BCUT2D eigenvalue weighted by Crippen LogP contribution is -2.55. The van der Waals surface area contributed by atoms with Gasteiger partial charge >= 0.3 is 0 Å². The van der Waals surface area contributed by atoms with E-state index in [4.69, 9.17) is 17.3 Å². The maximum atomic E-state index is 6.11. The molecule has 0 saturated carbocycles. The van der Waals surface area contributed by atoms with Gasteiger partial charge in [0.25, 0.3) is 0 Å². The zero-order valence-electron chi connectivity index (χ0n) is 11.3. The Bertz CT molecular complexity index is 478. The van der Waals surface area contributed by atoms with E-state index in [1.54, 1.807) is 0 Å². The molecular formula is C13H20ClN5. The van der Waals surface area contributed by atoms with Gasteiger partial charge in [-0.05, 0) is 37.9 Å². The molecule has 5 nitrogen and oxygen atoms in total. The fourth-order valence-corrected chi connectivity index (χ4v) is 3.33. The summed E-state index contributed by atoms with van der Waals surface area (Å²) in [4.78, 5) is 13.3. The van der Waals surface area contributed by atoms with Crippen LogP contribution in [0.4, 0.5) is 11.5 Å². The van der Waals surface area contributed by atoms with Crippen LogP contribution in [0.25, 0.3) is 0 Å². The lowest BCUT2D eigenvalue weighted by molar-refractivity contribution is 0.133. The fraction of sp³-hybridized carbons (Fsp3) is 0.692. The van der Waals surface area contributed by atoms with Gasteiger partial charge in [0.15, 0.2) is 5.82 Å². The van der Waals surface area contributed by atoms with Crippen molar-refractivity contribution < 1.29 is 0 Å². The Morgan fingerprint density at radius 2 is 2.05 bits per heavy atom. The van der Waals surface area contributed by atoms with E-state index in [1.807, 2.05) is 6.92 Å². The Morgan fingerprint density at radius 3 is 2.89 bits per heavy atom. The van der Waals surface area contributed by atoms with Crippen LogP contribution in [0.2, 0.25) is 5.28 Å². The molecule has 1 unspecified atom stereocenters. The fourth-order valence-electron chi connectivity index (χ4n) is 3.12. The molecular weight excluding hydrogens is 262 g/mol. The maximum Gasteiger partial charge on any atom is 0.224 e. The number of aromatic nitrogens is 2. The summed E-state index contributed by atoms with van der Waals surface area (Å²) in [6.45, 7) is 6.16. The van der Waals surface area contributed by atoms with Gasteiger partial charge in [-0.25, -0.2) is 4.98 Å². The molecule has 0 aliphatic carbocycles. The van der Waals surface area contributed by atoms with Crippen molar-refractivity contribution in [3.63, 3.8) is 0 Å². The van der Waals surface area contributed by atoms with Crippen molar-refractivity contribution in [3.8, 4) is 0 Å². The third kappa shape index (κ3) is 2.49. The van der Waals surface area contributed by atoms with Crippen molar-refractivity contribution >= 4 is 23.1 Å². The first-order valence-corrected chi connectivity index (χ1v) is 7.31. The summed E-state index contributed by atoms with van der Waals surface area (Å²) in [5.41, 5.74) is 7.54. The first kappa shape index (κ1) is 12.9. The number of hydrogen-bond acceptors (Lipinski definition) is 5. The number of nitrogens with two attached hydrogens (primary N) is 1. The molecule has 1 atom stereocenters. The van der Waals surface area contributed by atoms with Gasteiger partial charge in [-0.3, -0.25) is 4.90 Å². The van der Waals surface area contributed by atoms with Gasteiger partial charge in [0.1, 0.15) is 0 Å². The molecule has 19 heavy (non-hydrogen) atoms. The molecule has 2 fully saturated rings. The van der Waals surface area contributed by atoms with Gasteiger partial charge in [-0.1, -0.05) is 6.42 Å². The Kier molecular flexibility index (Phi) is 3.50. The van der Waals surface area contributed by atoms with Crippen LogP contribution in [0.5, 0.6) is 0 Å². The highest BCUT2D eigenvalue weighted by atomic mass is 35.5. The predicted octanol–water partition coefficient (Wildman–Crippen LogP) is 1.70. The van der Waals surface area contributed by atoms with Gasteiger partial charge < -0.3 is 10.6 Å². The van der Waals surface area contributed by atoms with Crippen LogP contribution < -0.4 is 10.6 Å². The summed E-state index contributed by atoms with van der Waals surface area (Å²) in [5.74, 6) is 0.808. The first-order valence-electron chi connectivity index (χ1n) is 6.94. The predicted molar refractivity (Wildman–Crippen MR) is 77.6 cm³/mol. The van der Waals surface area contributed by atoms with Gasteiger partial charge in [0, 0.05) is 25.7 Å². The van der Waals surface area contributed by atoms with Crippen LogP contribution in [-0.2, 0) is 0 Å². The highest BCUT2D eigenvalue weighted by Crippen LogP contribution is 2.29. The standard InChI is InChI=1S/C13H20ClN5/c1-9-11(15)12(17-13(14)16-9)19-7-6-18-5-3-2-4-10(18)8-19/h10H,2-8,15H2,1H3. The van der Waals surface area contributed by atoms with Crippen molar-refractivity contribution in [2.45, 2.75) is 32.2 Å². The molecule has 0 bridgehead atoms. The number of fused-ring (bicyclic) bond motifs is 1. The summed E-state index contributed by atoms with van der Waals surface area (Å²) >= 11 is 5.96. The number of halogens is 1. The second kappa shape index (κ2) is 5.13. The monoisotopic (exact) mass is 281 g/mol. The third-order valence-electron chi connectivity index (χ3n) is 4.23. The minimum absolute atomic E-state index is 0.285. The molecule has 1 aromatic heterocycles. The molecule has 2 saturated heterocycles. The number of piperazine rings is 1. The number of rotatable bonds is 1. The van der Waals surface area contributed by atoms with Crippen LogP contribution in [-0.4, -0.2) is 47.1 Å². The van der Waals surface area contributed by atoms with Crippen LogP contribution in [0.1, 0.15) is 25.0 Å². The Hall–Kier alpha value is -1.07. The van der Waals surface area contributed by atoms with Crippen molar-refractivity contribution in [3.05, 3.63) is 11.0 Å². The topological polar surface area (TPSA) is 58.3 Å². The molecule has 2 N–H and O–H groups in total. The van der Waals surface area contributed by atoms with Crippen molar-refractivity contribution in [1.82, 2.24) is 14.9 Å². The molecule has 3 rings (SSSR count). The second-order valence-electron chi connectivity index (χ2n) is 5.45. The van der Waals surface area contributed by atoms with Crippen molar-refractivity contribution in [1.29, 1.82) is 0 Å². The quantitative estimate of drug-likeness (QED) is 0.794. The molecule has 1 aromatic rings. The van der Waals surface area contributed by atoms with Gasteiger partial charge in [-0.2, -0.15) is 4.98 Å². The van der Waals surface area contributed by atoms with Gasteiger partial charge in [-0.15, -0.1) is 0 Å². The smallest absolute Gasteiger partial charge is 0.224 e. The minimum atomic E-state index is 0.285. The zero-order chi connectivity index (χ0) is 13.4. The molecule has 0 amide bonds. The number of hydrogen-bond donors (Lipinski definition) is 1.